The van der Waals surface area contributed by atoms with Crippen molar-refractivity contribution in [3.8, 4) is 0 Å². The molecule has 4 rings (SSSR count). The predicted molar refractivity (Wildman–Crippen MR) is 121 cm³/mol. The van der Waals surface area contributed by atoms with Crippen LogP contribution in [-0.2, 0) is 0 Å². The number of carbonyl (C=O) groups excluding carboxylic acids is 2. The zero-order chi connectivity index (χ0) is 21.1. The third kappa shape index (κ3) is 4.40. The van der Waals surface area contributed by atoms with Gasteiger partial charge in [0, 0.05) is 48.0 Å². The molecule has 0 N–H and O–H groups in total. The Kier molecular flexibility index (Phi) is 6.16. The van der Waals surface area contributed by atoms with Crippen LogP contribution in [0.2, 0.25) is 5.02 Å². The number of ketones is 1. The summed E-state index contributed by atoms with van der Waals surface area (Å²) in [6, 6.07) is 17.9. The first-order valence-corrected chi connectivity index (χ1v) is 10.7. The van der Waals surface area contributed by atoms with Crippen molar-refractivity contribution < 1.29 is 9.59 Å². The van der Waals surface area contributed by atoms with E-state index < -0.39 is 0 Å². The largest absolute Gasteiger partial charge is 0.353 e. The van der Waals surface area contributed by atoms with Gasteiger partial charge in [0.2, 0.25) is 0 Å². The fourth-order valence-corrected chi connectivity index (χ4v) is 3.86. The van der Waals surface area contributed by atoms with Crippen molar-refractivity contribution in [2.24, 2.45) is 0 Å². The van der Waals surface area contributed by atoms with Crippen LogP contribution in [0.15, 0.2) is 71.3 Å². The Labute approximate surface area is 188 Å². The Hall–Kier alpha value is -2.70. The van der Waals surface area contributed by atoms with Gasteiger partial charge in [-0.15, -0.1) is 0 Å². The standard InChI is InChI=1S/C23H19BrClN3O2/c24-17-7-5-16(6-8-17)22(29)19-3-1-2-4-20(19)23(30)28-13-11-27(12-14-28)21-10-9-18(25)15-26-21/h1-10,15H,11-14H2. The fourth-order valence-electron chi connectivity index (χ4n) is 3.49. The van der Waals surface area contributed by atoms with Gasteiger partial charge in [0.15, 0.2) is 5.78 Å². The van der Waals surface area contributed by atoms with Crippen LogP contribution < -0.4 is 4.90 Å². The molecule has 2 aromatic carbocycles. The molecule has 30 heavy (non-hydrogen) atoms. The van der Waals surface area contributed by atoms with Crippen LogP contribution in [0.5, 0.6) is 0 Å². The highest BCUT2D eigenvalue weighted by molar-refractivity contribution is 9.10. The summed E-state index contributed by atoms with van der Waals surface area (Å²) >= 11 is 9.29. The summed E-state index contributed by atoms with van der Waals surface area (Å²) in [6.45, 7) is 2.46. The molecule has 1 amide bonds. The molecule has 2 heterocycles. The molecule has 1 aliphatic rings. The molecule has 5 nitrogen and oxygen atoms in total. The zero-order valence-electron chi connectivity index (χ0n) is 16.1. The second-order valence-corrected chi connectivity index (χ2v) is 8.35. The first-order chi connectivity index (χ1) is 14.5. The molecule has 7 heteroatoms. The molecular formula is C23H19BrClN3O2. The molecule has 0 unspecified atom stereocenters. The third-order valence-electron chi connectivity index (χ3n) is 5.11. The Morgan fingerprint density at radius 1 is 0.867 bits per heavy atom. The maximum absolute atomic E-state index is 13.2. The lowest BCUT2D eigenvalue weighted by Crippen LogP contribution is -2.49. The van der Waals surface area contributed by atoms with Gasteiger partial charge in [0.25, 0.3) is 5.91 Å². The quantitative estimate of drug-likeness (QED) is 0.504. The van der Waals surface area contributed by atoms with Crippen molar-refractivity contribution in [1.29, 1.82) is 0 Å². The number of hydrogen-bond donors (Lipinski definition) is 0. The van der Waals surface area contributed by atoms with E-state index in [4.69, 9.17) is 11.6 Å². The van der Waals surface area contributed by atoms with Gasteiger partial charge in [0.05, 0.1) is 10.6 Å². The lowest BCUT2D eigenvalue weighted by molar-refractivity contribution is 0.0742. The second kappa shape index (κ2) is 8.98. The number of amides is 1. The number of piperazine rings is 1. The van der Waals surface area contributed by atoms with Crippen molar-refractivity contribution in [2.75, 3.05) is 31.1 Å². The first kappa shape index (κ1) is 20.6. The lowest BCUT2D eigenvalue weighted by Gasteiger charge is -2.35. The summed E-state index contributed by atoms with van der Waals surface area (Å²) in [7, 11) is 0. The molecule has 3 aromatic rings. The normalized spacial score (nSPS) is 13.9. The summed E-state index contributed by atoms with van der Waals surface area (Å²) in [6.07, 6.45) is 1.62. The number of benzene rings is 2. The number of halogens is 2. The van der Waals surface area contributed by atoms with Crippen molar-refractivity contribution in [2.45, 2.75) is 0 Å². The van der Waals surface area contributed by atoms with Gasteiger partial charge in [-0.1, -0.05) is 45.7 Å². The average Bonchev–Trinajstić information content (AvgIpc) is 2.79. The van der Waals surface area contributed by atoms with Crippen LogP contribution >= 0.6 is 27.5 Å². The number of carbonyl (C=O) groups is 2. The topological polar surface area (TPSA) is 53.5 Å². The molecule has 0 radical (unpaired) electrons. The van der Waals surface area contributed by atoms with Crippen molar-refractivity contribution >= 4 is 45.0 Å². The number of nitrogens with zero attached hydrogens (tertiary/aromatic N) is 3. The highest BCUT2D eigenvalue weighted by Crippen LogP contribution is 2.21. The number of pyridine rings is 1. The Balaban J connectivity index is 1.50. The van der Waals surface area contributed by atoms with E-state index in [1.165, 1.54) is 0 Å². The van der Waals surface area contributed by atoms with E-state index in [0.29, 0.717) is 47.9 Å². The summed E-state index contributed by atoms with van der Waals surface area (Å²) in [5, 5.41) is 0.597. The van der Waals surface area contributed by atoms with Crippen molar-refractivity contribution in [3.05, 3.63) is 93.0 Å². The van der Waals surface area contributed by atoms with Gasteiger partial charge in [0.1, 0.15) is 5.82 Å². The molecule has 1 aromatic heterocycles. The maximum atomic E-state index is 13.2. The van der Waals surface area contributed by atoms with Gasteiger partial charge in [-0.25, -0.2) is 4.98 Å². The SMILES string of the molecule is O=C(c1ccc(Br)cc1)c1ccccc1C(=O)N1CCN(c2ccc(Cl)cn2)CC1. The molecule has 1 aliphatic heterocycles. The third-order valence-corrected chi connectivity index (χ3v) is 5.86. The van der Waals surface area contributed by atoms with Crippen LogP contribution in [0, 0.1) is 0 Å². The van der Waals surface area contributed by atoms with Crippen molar-refractivity contribution in [3.63, 3.8) is 0 Å². The molecule has 0 saturated carbocycles. The maximum Gasteiger partial charge on any atom is 0.254 e. The van der Waals surface area contributed by atoms with E-state index in [9.17, 15) is 9.59 Å². The zero-order valence-corrected chi connectivity index (χ0v) is 18.4. The fraction of sp³-hybridized carbons (Fsp3) is 0.174. The highest BCUT2D eigenvalue weighted by Gasteiger charge is 2.26. The van der Waals surface area contributed by atoms with E-state index in [0.717, 1.165) is 10.3 Å². The smallest absolute Gasteiger partial charge is 0.254 e. The van der Waals surface area contributed by atoms with E-state index in [-0.39, 0.29) is 11.7 Å². The summed E-state index contributed by atoms with van der Waals surface area (Å²) < 4.78 is 0.899. The van der Waals surface area contributed by atoms with E-state index in [1.807, 2.05) is 24.3 Å². The minimum atomic E-state index is -0.157. The molecule has 152 valence electrons. The minimum absolute atomic E-state index is 0.125. The van der Waals surface area contributed by atoms with Gasteiger partial charge in [-0.05, 0) is 42.5 Å². The molecule has 0 aliphatic carbocycles. The Morgan fingerprint density at radius 3 is 2.17 bits per heavy atom. The summed E-state index contributed by atoms with van der Waals surface area (Å²) in [5.41, 5.74) is 1.41. The lowest BCUT2D eigenvalue weighted by atomic mass is 9.97. The van der Waals surface area contributed by atoms with E-state index in [1.54, 1.807) is 47.5 Å². The Bertz CT molecular complexity index is 1060. The molecule has 0 spiro atoms. The number of hydrogen-bond acceptors (Lipinski definition) is 4. The number of anilines is 1. The monoisotopic (exact) mass is 483 g/mol. The molecule has 1 fully saturated rings. The molecule has 0 atom stereocenters. The van der Waals surface area contributed by atoms with E-state index >= 15 is 0 Å². The molecular weight excluding hydrogens is 466 g/mol. The average molecular weight is 485 g/mol. The Morgan fingerprint density at radius 2 is 1.53 bits per heavy atom. The van der Waals surface area contributed by atoms with Crippen LogP contribution in [0.1, 0.15) is 26.3 Å². The molecule has 0 bridgehead atoms. The summed E-state index contributed by atoms with van der Waals surface area (Å²) in [4.78, 5) is 34.5. The minimum Gasteiger partial charge on any atom is -0.353 e. The van der Waals surface area contributed by atoms with Gasteiger partial charge < -0.3 is 9.80 Å². The number of aromatic nitrogens is 1. The van der Waals surface area contributed by atoms with Gasteiger partial charge in [-0.3, -0.25) is 9.59 Å². The second-order valence-electron chi connectivity index (χ2n) is 7.00. The van der Waals surface area contributed by atoms with E-state index in [2.05, 4.69) is 25.8 Å². The number of rotatable bonds is 4. The molecule has 1 saturated heterocycles. The van der Waals surface area contributed by atoms with Crippen molar-refractivity contribution in [1.82, 2.24) is 9.88 Å². The predicted octanol–water partition coefficient (Wildman–Crippen LogP) is 4.69. The first-order valence-electron chi connectivity index (χ1n) is 9.58. The summed E-state index contributed by atoms with van der Waals surface area (Å²) in [5.74, 6) is 0.563. The van der Waals surface area contributed by atoms with Gasteiger partial charge in [-0.2, -0.15) is 0 Å². The van der Waals surface area contributed by atoms with Crippen LogP contribution in [0.4, 0.5) is 5.82 Å². The van der Waals surface area contributed by atoms with Gasteiger partial charge >= 0.3 is 0 Å². The van der Waals surface area contributed by atoms with Crippen LogP contribution in [0.3, 0.4) is 0 Å². The van der Waals surface area contributed by atoms with Crippen LogP contribution in [0.25, 0.3) is 0 Å². The highest BCUT2D eigenvalue weighted by atomic mass is 79.9. The van der Waals surface area contributed by atoms with Crippen LogP contribution in [-0.4, -0.2) is 47.8 Å².